The lowest BCUT2D eigenvalue weighted by atomic mass is 9.79. The molecule has 3 rings (SSSR count). The van der Waals surface area contributed by atoms with E-state index in [-0.39, 0.29) is 0 Å². The second-order valence-electron chi connectivity index (χ2n) is 6.46. The van der Waals surface area contributed by atoms with Crippen LogP contribution in [0.1, 0.15) is 61.3 Å². The first kappa shape index (κ1) is 14.3. The molecular formula is C20H25N. The van der Waals surface area contributed by atoms with Crippen LogP contribution in [0.2, 0.25) is 0 Å². The van der Waals surface area contributed by atoms with Gasteiger partial charge in [-0.1, -0.05) is 62.4 Å². The number of hydrogen-bond donors (Lipinski definition) is 0. The Balaban J connectivity index is 1.87. The summed E-state index contributed by atoms with van der Waals surface area (Å²) in [5, 5.41) is 0. The molecule has 0 saturated heterocycles. The van der Waals surface area contributed by atoms with Crippen molar-refractivity contribution in [2.24, 2.45) is 5.92 Å². The molecule has 2 aromatic rings. The maximum Gasteiger partial charge on any atom is 0.0481 e. The van der Waals surface area contributed by atoms with Crippen LogP contribution in [0.5, 0.6) is 0 Å². The van der Waals surface area contributed by atoms with Crippen molar-refractivity contribution in [2.75, 3.05) is 0 Å². The summed E-state index contributed by atoms with van der Waals surface area (Å²) in [5.41, 5.74) is 3.97. The van der Waals surface area contributed by atoms with E-state index in [1.165, 1.54) is 55.3 Å². The number of aryl methyl sites for hydroxylation is 1. The van der Waals surface area contributed by atoms with Gasteiger partial charge >= 0.3 is 0 Å². The third-order valence-corrected chi connectivity index (χ3v) is 4.79. The van der Waals surface area contributed by atoms with Crippen LogP contribution in [0.4, 0.5) is 0 Å². The van der Waals surface area contributed by atoms with Crippen LogP contribution in [-0.4, -0.2) is 4.98 Å². The SMILES string of the molecule is Cc1ccnc([C@@H](CC2CCCCC2)c2ccccc2)c1. The quantitative estimate of drug-likeness (QED) is 0.721. The highest BCUT2D eigenvalue weighted by atomic mass is 14.7. The smallest absolute Gasteiger partial charge is 0.0481 e. The third-order valence-electron chi connectivity index (χ3n) is 4.79. The molecule has 1 aromatic heterocycles. The Hall–Kier alpha value is -1.63. The molecule has 0 N–H and O–H groups in total. The molecule has 0 amide bonds. The van der Waals surface area contributed by atoms with Gasteiger partial charge in [0.15, 0.2) is 0 Å². The van der Waals surface area contributed by atoms with Gasteiger partial charge in [0.1, 0.15) is 0 Å². The Labute approximate surface area is 128 Å². The second-order valence-corrected chi connectivity index (χ2v) is 6.46. The number of hydrogen-bond acceptors (Lipinski definition) is 1. The fourth-order valence-electron chi connectivity index (χ4n) is 3.62. The molecule has 1 atom stereocenters. The van der Waals surface area contributed by atoms with Gasteiger partial charge < -0.3 is 0 Å². The summed E-state index contributed by atoms with van der Waals surface area (Å²) in [4.78, 5) is 4.68. The molecule has 1 nitrogen and oxygen atoms in total. The van der Waals surface area contributed by atoms with Crippen LogP contribution in [0.3, 0.4) is 0 Å². The van der Waals surface area contributed by atoms with Gasteiger partial charge in [-0.25, -0.2) is 0 Å². The summed E-state index contributed by atoms with van der Waals surface area (Å²) in [7, 11) is 0. The van der Waals surface area contributed by atoms with Crippen LogP contribution < -0.4 is 0 Å². The van der Waals surface area contributed by atoms with Crippen molar-refractivity contribution in [1.82, 2.24) is 4.98 Å². The fraction of sp³-hybridized carbons (Fsp3) is 0.450. The molecule has 21 heavy (non-hydrogen) atoms. The number of nitrogens with zero attached hydrogens (tertiary/aromatic N) is 1. The van der Waals surface area contributed by atoms with E-state index in [1.807, 2.05) is 6.20 Å². The van der Waals surface area contributed by atoms with E-state index in [1.54, 1.807) is 0 Å². The predicted octanol–water partition coefficient (Wildman–Crippen LogP) is 5.49. The van der Waals surface area contributed by atoms with Crippen LogP contribution in [0, 0.1) is 12.8 Å². The maximum absolute atomic E-state index is 4.68. The summed E-state index contributed by atoms with van der Waals surface area (Å²) in [6.45, 7) is 2.16. The fourth-order valence-corrected chi connectivity index (χ4v) is 3.62. The number of rotatable bonds is 4. The van der Waals surface area contributed by atoms with E-state index in [0.29, 0.717) is 5.92 Å². The molecule has 110 valence electrons. The zero-order chi connectivity index (χ0) is 14.5. The van der Waals surface area contributed by atoms with Gasteiger partial charge in [0.2, 0.25) is 0 Å². The minimum Gasteiger partial charge on any atom is -0.261 e. The molecule has 1 aliphatic carbocycles. The average molecular weight is 279 g/mol. The Kier molecular flexibility index (Phi) is 4.69. The van der Waals surface area contributed by atoms with E-state index in [2.05, 4.69) is 54.4 Å². The maximum atomic E-state index is 4.68. The Morgan fingerprint density at radius 2 is 1.81 bits per heavy atom. The largest absolute Gasteiger partial charge is 0.261 e. The van der Waals surface area contributed by atoms with Crippen LogP contribution >= 0.6 is 0 Å². The number of aromatic nitrogens is 1. The van der Waals surface area contributed by atoms with E-state index in [0.717, 1.165) is 5.92 Å². The molecule has 1 heteroatoms. The van der Waals surface area contributed by atoms with Crippen LogP contribution in [0.15, 0.2) is 48.7 Å². The molecular weight excluding hydrogens is 254 g/mol. The number of benzene rings is 1. The predicted molar refractivity (Wildman–Crippen MR) is 88.5 cm³/mol. The first-order valence-electron chi connectivity index (χ1n) is 8.30. The van der Waals surface area contributed by atoms with Crippen molar-refractivity contribution in [3.8, 4) is 0 Å². The summed E-state index contributed by atoms with van der Waals surface area (Å²) in [5.74, 6) is 1.32. The molecule has 0 unspecified atom stereocenters. The molecule has 1 saturated carbocycles. The monoisotopic (exact) mass is 279 g/mol. The van der Waals surface area contributed by atoms with Gasteiger partial charge in [0, 0.05) is 17.8 Å². The first-order valence-corrected chi connectivity index (χ1v) is 8.30. The number of pyridine rings is 1. The average Bonchev–Trinajstić information content (AvgIpc) is 2.54. The van der Waals surface area contributed by atoms with E-state index < -0.39 is 0 Å². The summed E-state index contributed by atoms with van der Waals surface area (Å²) in [6, 6.07) is 15.3. The lowest BCUT2D eigenvalue weighted by Gasteiger charge is -2.27. The Bertz CT molecular complexity index is 555. The van der Waals surface area contributed by atoms with Crippen molar-refractivity contribution in [1.29, 1.82) is 0 Å². The van der Waals surface area contributed by atoms with Crippen molar-refractivity contribution in [3.63, 3.8) is 0 Å². The summed E-state index contributed by atoms with van der Waals surface area (Å²) in [6.07, 6.45) is 10.3. The topological polar surface area (TPSA) is 12.9 Å². The molecule has 0 bridgehead atoms. The van der Waals surface area contributed by atoms with Gasteiger partial charge in [-0.05, 0) is 42.5 Å². The highest BCUT2D eigenvalue weighted by molar-refractivity contribution is 5.30. The van der Waals surface area contributed by atoms with Crippen molar-refractivity contribution >= 4 is 0 Å². The molecule has 0 radical (unpaired) electrons. The molecule has 0 spiro atoms. The first-order chi connectivity index (χ1) is 10.3. The zero-order valence-corrected chi connectivity index (χ0v) is 13.0. The van der Waals surface area contributed by atoms with E-state index >= 15 is 0 Å². The zero-order valence-electron chi connectivity index (χ0n) is 13.0. The van der Waals surface area contributed by atoms with Crippen LogP contribution in [0.25, 0.3) is 0 Å². The van der Waals surface area contributed by atoms with Gasteiger partial charge in [-0.3, -0.25) is 4.98 Å². The molecule has 0 aliphatic heterocycles. The molecule has 1 aromatic carbocycles. The lowest BCUT2D eigenvalue weighted by molar-refractivity contribution is 0.326. The van der Waals surface area contributed by atoms with Gasteiger partial charge in [-0.2, -0.15) is 0 Å². The van der Waals surface area contributed by atoms with E-state index in [9.17, 15) is 0 Å². The van der Waals surface area contributed by atoms with E-state index in [4.69, 9.17) is 0 Å². The Morgan fingerprint density at radius 3 is 2.52 bits per heavy atom. The third kappa shape index (κ3) is 3.72. The summed E-state index contributed by atoms with van der Waals surface area (Å²) >= 11 is 0. The van der Waals surface area contributed by atoms with Gasteiger partial charge in [0.25, 0.3) is 0 Å². The Morgan fingerprint density at radius 1 is 1.05 bits per heavy atom. The minimum atomic E-state index is 0.453. The lowest BCUT2D eigenvalue weighted by Crippen LogP contribution is -2.13. The van der Waals surface area contributed by atoms with Crippen molar-refractivity contribution in [3.05, 3.63) is 65.5 Å². The highest BCUT2D eigenvalue weighted by Gasteiger charge is 2.22. The summed E-state index contributed by atoms with van der Waals surface area (Å²) < 4.78 is 0. The van der Waals surface area contributed by atoms with Crippen LogP contribution in [-0.2, 0) is 0 Å². The molecule has 1 fully saturated rings. The minimum absolute atomic E-state index is 0.453. The van der Waals surface area contributed by atoms with Gasteiger partial charge in [0.05, 0.1) is 0 Å². The van der Waals surface area contributed by atoms with Gasteiger partial charge in [-0.15, -0.1) is 0 Å². The van der Waals surface area contributed by atoms with Crippen molar-refractivity contribution in [2.45, 2.75) is 51.4 Å². The molecule has 1 aliphatic rings. The standard InChI is InChI=1S/C20H25N/c1-16-12-13-21-20(14-16)19(18-10-6-3-7-11-18)15-17-8-4-2-5-9-17/h3,6-7,10-14,17,19H,2,4-5,8-9,15H2,1H3/t19-/m0/s1. The molecule has 1 heterocycles. The highest BCUT2D eigenvalue weighted by Crippen LogP contribution is 2.36. The second kappa shape index (κ2) is 6.89. The normalized spacial score (nSPS) is 17.6. The van der Waals surface area contributed by atoms with Crippen molar-refractivity contribution < 1.29 is 0 Å².